The molecule has 0 bridgehead atoms. The van der Waals surface area contributed by atoms with Gasteiger partial charge in [-0.25, -0.2) is 4.98 Å². The average molecular weight is 401 g/mol. The monoisotopic (exact) mass is 401 g/mol. The maximum absolute atomic E-state index is 12.9. The summed E-state index contributed by atoms with van der Waals surface area (Å²) < 4.78 is 5.56. The van der Waals surface area contributed by atoms with E-state index in [1.54, 1.807) is 18.9 Å². The minimum absolute atomic E-state index is 0.0782. The lowest BCUT2D eigenvalue weighted by Gasteiger charge is -2.27. The SMILES string of the molecule is COc1ccccc1C1SCC(=O)N1c1ccccc1-c1nc2ccccc2[nH]1. The van der Waals surface area contributed by atoms with Gasteiger partial charge in [0.05, 0.1) is 29.6 Å². The van der Waals surface area contributed by atoms with Gasteiger partial charge < -0.3 is 9.72 Å². The molecule has 1 amide bonds. The van der Waals surface area contributed by atoms with E-state index in [2.05, 4.69) is 4.98 Å². The fraction of sp³-hybridized carbons (Fsp3) is 0.130. The number of ether oxygens (including phenoxy) is 1. The number of rotatable bonds is 4. The molecule has 144 valence electrons. The fourth-order valence-corrected chi connectivity index (χ4v) is 4.94. The summed E-state index contributed by atoms with van der Waals surface area (Å²) in [5.74, 6) is 2.04. The van der Waals surface area contributed by atoms with Crippen molar-refractivity contribution in [2.75, 3.05) is 17.8 Å². The van der Waals surface area contributed by atoms with E-state index in [4.69, 9.17) is 9.72 Å². The number of para-hydroxylation sites is 4. The predicted octanol–water partition coefficient (Wildman–Crippen LogP) is 5.02. The van der Waals surface area contributed by atoms with Crippen LogP contribution in [-0.2, 0) is 4.79 Å². The Kier molecular flexibility index (Phi) is 4.48. The Hall–Kier alpha value is -3.25. The maximum Gasteiger partial charge on any atom is 0.238 e. The maximum atomic E-state index is 12.9. The number of aromatic amines is 1. The topological polar surface area (TPSA) is 58.2 Å². The highest BCUT2D eigenvalue weighted by Crippen LogP contribution is 2.46. The highest BCUT2D eigenvalue weighted by Gasteiger charge is 2.37. The van der Waals surface area contributed by atoms with Gasteiger partial charge in [-0.15, -0.1) is 11.8 Å². The first-order valence-corrected chi connectivity index (χ1v) is 10.4. The molecule has 1 aliphatic heterocycles. The van der Waals surface area contributed by atoms with Gasteiger partial charge in [-0.1, -0.05) is 42.5 Å². The zero-order valence-electron chi connectivity index (χ0n) is 15.8. The van der Waals surface area contributed by atoms with Gasteiger partial charge in [0.1, 0.15) is 16.9 Å². The molecule has 1 fully saturated rings. The number of fused-ring (bicyclic) bond motifs is 1. The van der Waals surface area contributed by atoms with E-state index in [-0.39, 0.29) is 11.3 Å². The predicted molar refractivity (Wildman–Crippen MR) is 117 cm³/mol. The number of amides is 1. The number of thioether (sulfide) groups is 1. The molecule has 3 aromatic carbocycles. The van der Waals surface area contributed by atoms with Crippen LogP contribution in [0.15, 0.2) is 72.8 Å². The summed E-state index contributed by atoms with van der Waals surface area (Å²) in [7, 11) is 1.66. The Balaban J connectivity index is 1.64. The van der Waals surface area contributed by atoms with E-state index in [0.717, 1.165) is 39.4 Å². The molecule has 2 heterocycles. The smallest absolute Gasteiger partial charge is 0.238 e. The number of hydrogen-bond acceptors (Lipinski definition) is 4. The molecule has 1 aliphatic rings. The fourth-order valence-electron chi connectivity index (χ4n) is 3.75. The van der Waals surface area contributed by atoms with Crippen molar-refractivity contribution < 1.29 is 9.53 Å². The first kappa shape index (κ1) is 17.8. The molecular weight excluding hydrogens is 382 g/mol. The van der Waals surface area contributed by atoms with Crippen molar-refractivity contribution in [3.05, 3.63) is 78.4 Å². The molecule has 4 aromatic rings. The van der Waals surface area contributed by atoms with Gasteiger partial charge in [-0.3, -0.25) is 9.69 Å². The molecule has 0 aliphatic carbocycles. The Morgan fingerprint density at radius 3 is 2.66 bits per heavy atom. The van der Waals surface area contributed by atoms with Crippen LogP contribution in [0.5, 0.6) is 5.75 Å². The summed E-state index contributed by atoms with van der Waals surface area (Å²) in [4.78, 5) is 22.9. The molecule has 6 heteroatoms. The first-order valence-electron chi connectivity index (χ1n) is 9.37. The lowest BCUT2D eigenvalue weighted by atomic mass is 10.1. The third-order valence-corrected chi connectivity index (χ3v) is 6.28. The summed E-state index contributed by atoms with van der Waals surface area (Å²) in [5, 5.41) is -0.149. The van der Waals surface area contributed by atoms with Crippen LogP contribution in [0, 0.1) is 0 Å². The first-order chi connectivity index (χ1) is 14.3. The number of H-pyrrole nitrogens is 1. The number of carbonyl (C=O) groups excluding carboxylic acids is 1. The van der Waals surface area contributed by atoms with Crippen LogP contribution in [0.2, 0.25) is 0 Å². The summed E-state index contributed by atoms with van der Waals surface area (Å²) in [6, 6.07) is 23.7. The van der Waals surface area contributed by atoms with Crippen molar-refractivity contribution in [3.63, 3.8) is 0 Å². The molecular formula is C23H19N3O2S. The van der Waals surface area contributed by atoms with Gasteiger partial charge in [0.15, 0.2) is 0 Å². The molecule has 0 spiro atoms. The molecule has 1 atom stereocenters. The van der Waals surface area contributed by atoms with Crippen molar-refractivity contribution in [1.82, 2.24) is 9.97 Å². The summed E-state index contributed by atoms with van der Waals surface area (Å²) in [6.45, 7) is 0. The number of methoxy groups -OCH3 is 1. The van der Waals surface area contributed by atoms with Crippen molar-refractivity contribution in [2.45, 2.75) is 5.37 Å². The Morgan fingerprint density at radius 2 is 1.79 bits per heavy atom. The third-order valence-electron chi connectivity index (χ3n) is 5.08. The molecule has 5 rings (SSSR count). The summed E-state index contributed by atoms with van der Waals surface area (Å²) >= 11 is 1.61. The number of nitrogens with zero attached hydrogens (tertiary/aromatic N) is 2. The van der Waals surface area contributed by atoms with Gasteiger partial charge in [-0.05, 0) is 30.3 Å². The second-order valence-electron chi connectivity index (χ2n) is 6.79. The summed E-state index contributed by atoms with van der Waals surface area (Å²) in [6.07, 6.45) is 0. The number of aromatic nitrogens is 2. The molecule has 0 saturated carbocycles. The van der Waals surface area contributed by atoms with Gasteiger partial charge >= 0.3 is 0 Å². The second kappa shape index (κ2) is 7.29. The van der Waals surface area contributed by atoms with Crippen molar-refractivity contribution in [3.8, 4) is 17.1 Å². The van der Waals surface area contributed by atoms with E-state index in [1.165, 1.54) is 0 Å². The van der Waals surface area contributed by atoms with E-state index in [9.17, 15) is 4.79 Å². The Labute approximate surface area is 172 Å². The van der Waals surface area contributed by atoms with Crippen LogP contribution >= 0.6 is 11.8 Å². The lowest BCUT2D eigenvalue weighted by molar-refractivity contribution is -0.115. The van der Waals surface area contributed by atoms with Gasteiger partial charge in [-0.2, -0.15) is 0 Å². The molecule has 1 N–H and O–H groups in total. The molecule has 5 nitrogen and oxygen atoms in total. The van der Waals surface area contributed by atoms with Gasteiger partial charge in [0.25, 0.3) is 0 Å². The van der Waals surface area contributed by atoms with Crippen molar-refractivity contribution in [1.29, 1.82) is 0 Å². The molecule has 29 heavy (non-hydrogen) atoms. The van der Waals surface area contributed by atoms with Crippen LogP contribution in [-0.4, -0.2) is 28.7 Å². The number of anilines is 1. The van der Waals surface area contributed by atoms with E-state index >= 15 is 0 Å². The zero-order chi connectivity index (χ0) is 19.8. The molecule has 1 unspecified atom stereocenters. The van der Waals surface area contributed by atoms with E-state index in [0.29, 0.717) is 5.75 Å². The normalized spacial score (nSPS) is 16.5. The third kappa shape index (κ3) is 3.06. The largest absolute Gasteiger partial charge is 0.496 e. The number of nitrogens with one attached hydrogen (secondary N) is 1. The number of hydrogen-bond donors (Lipinski definition) is 1. The lowest BCUT2D eigenvalue weighted by Crippen LogP contribution is -2.28. The second-order valence-corrected chi connectivity index (χ2v) is 7.86. The highest BCUT2D eigenvalue weighted by atomic mass is 32.2. The molecule has 0 radical (unpaired) electrons. The summed E-state index contributed by atoms with van der Waals surface area (Å²) in [5.41, 5.74) is 4.61. The number of benzene rings is 3. The minimum atomic E-state index is -0.149. The van der Waals surface area contributed by atoms with Crippen molar-refractivity contribution >= 4 is 34.4 Å². The minimum Gasteiger partial charge on any atom is -0.496 e. The Bertz CT molecular complexity index is 1170. The van der Waals surface area contributed by atoms with Gasteiger partial charge in [0, 0.05) is 11.1 Å². The van der Waals surface area contributed by atoms with Crippen LogP contribution in [0.1, 0.15) is 10.9 Å². The van der Waals surface area contributed by atoms with E-state index in [1.807, 2.05) is 77.7 Å². The van der Waals surface area contributed by atoms with Crippen LogP contribution in [0.4, 0.5) is 5.69 Å². The molecule has 1 aromatic heterocycles. The average Bonchev–Trinajstić information content (AvgIpc) is 3.37. The standard InChI is InChI=1S/C23H19N3O2S/c1-28-20-13-7-3-9-16(20)23-26(21(27)14-29-23)19-12-6-2-8-15(19)22-24-17-10-4-5-11-18(17)25-22/h2-13,23H,14H2,1H3,(H,24,25). The van der Waals surface area contributed by atoms with Crippen molar-refractivity contribution in [2.24, 2.45) is 0 Å². The zero-order valence-corrected chi connectivity index (χ0v) is 16.6. The number of carbonyl (C=O) groups is 1. The van der Waals surface area contributed by atoms with Crippen LogP contribution < -0.4 is 9.64 Å². The number of imidazole rings is 1. The van der Waals surface area contributed by atoms with Crippen LogP contribution in [0.3, 0.4) is 0 Å². The quantitative estimate of drug-likeness (QED) is 0.522. The molecule has 1 saturated heterocycles. The Morgan fingerprint density at radius 1 is 1.03 bits per heavy atom. The van der Waals surface area contributed by atoms with Gasteiger partial charge in [0.2, 0.25) is 5.91 Å². The highest BCUT2D eigenvalue weighted by molar-refractivity contribution is 8.00. The van der Waals surface area contributed by atoms with Crippen LogP contribution in [0.25, 0.3) is 22.4 Å². The van der Waals surface area contributed by atoms with E-state index < -0.39 is 0 Å².